The molecule has 21 heavy (non-hydrogen) atoms. The Morgan fingerprint density at radius 3 is 2.67 bits per heavy atom. The van der Waals surface area contributed by atoms with E-state index in [0.717, 1.165) is 11.4 Å². The minimum absolute atomic E-state index is 0.114. The van der Waals surface area contributed by atoms with Crippen LogP contribution in [0.25, 0.3) is 0 Å². The van der Waals surface area contributed by atoms with Crippen LogP contribution in [0.3, 0.4) is 0 Å². The standard InChI is InChI=1S/C13H19N5O2S/c1-10-8-11(2)18(17-10)7-3-6-16-21(19,20)12-4-5-13(14)15-9-12/h4-5,8-9,16H,3,6-7H2,1-2H3,(H2,14,15). The monoisotopic (exact) mass is 309 g/mol. The molecule has 0 aliphatic heterocycles. The van der Waals surface area contributed by atoms with Gasteiger partial charge in [0.05, 0.1) is 5.69 Å². The first-order valence-corrected chi connectivity index (χ1v) is 8.09. The average molecular weight is 309 g/mol. The van der Waals surface area contributed by atoms with Gasteiger partial charge >= 0.3 is 0 Å². The van der Waals surface area contributed by atoms with E-state index in [9.17, 15) is 8.42 Å². The summed E-state index contributed by atoms with van der Waals surface area (Å²) >= 11 is 0. The predicted molar refractivity (Wildman–Crippen MR) is 80.2 cm³/mol. The van der Waals surface area contributed by atoms with Crippen LogP contribution in [-0.4, -0.2) is 29.7 Å². The summed E-state index contributed by atoms with van der Waals surface area (Å²) in [4.78, 5) is 3.89. The highest BCUT2D eigenvalue weighted by atomic mass is 32.2. The van der Waals surface area contributed by atoms with Crippen LogP contribution < -0.4 is 10.5 Å². The highest BCUT2D eigenvalue weighted by Gasteiger charge is 2.13. The van der Waals surface area contributed by atoms with Crippen molar-refractivity contribution in [1.82, 2.24) is 19.5 Å². The van der Waals surface area contributed by atoms with Gasteiger partial charge in [-0.05, 0) is 38.5 Å². The van der Waals surface area contributed by atoms with Gasteiger partial charge < -0.3 is 5.73 Å². The molecule has 0 fully saturated rings. The van der Waals surface area contributed by atoms with Crippen molar-refractivity contribution in [3.05, 3.63) is 35.8 Å². The van der Waals surface area contributed by atoms with Crippen molar-refractivity contribution in [2.24, 2.45) is 0 Å². The largest absolute Gasteiger partial charge is 0.384 e. The Morgan fingerprint density at radius 1 is 1.33 bits per heavy atom. The van der Waals surface area contributed by atoms with Crippen molar-refractivity contribution in [3.8, 4) is 0 Å². The molecule has 0 saturated heterocycles. The molecule has 0 saturated carbocycles. The van der Waals surface area contributed by atoms with E-state index in [0.29, 0.717) is 25.3 Å². The zero-order valence-electron chi connectivity index (χ0n) is 12.1. The average Bonchev–Trinajstić information content (AvgIpc) is 2.74. The van der Waals surface area contributed by atoms with Gasteiger partial charge in [0, 0.05) is 25.0 Å². The molecule has 0 aliphatic rings. The number of hydrogen-bond donors (Lipinski definition) is 2. The van der Waals surface area contributed by atoms with Gasteiger partial charge in [0.15, 0.2) is 0 Å². The van der Waals surface area contributed by atoms with Gasteiger partial charge in [-0.1, -0.05) is 0 Å². The van der Waals surface area contributed by atoms with Crippen LogP contribution in [0.15, 0.2) is 29.3 Å². The first kappa shape index (κ1) is 15.5. The van der Waals surface area contributed by atoms with Gasteiger partial charge in [0.1, 0.15) is 10.7 Å². The normalized spacial score (nSPS) is 11.7. The van der Waals surface area contributed by atoms with E-state index in [-0.39, 0.29) is 4.90 Å². The molecule has 0 aromatic carbocycles. The molecule has 8 heteroatoms. The summed E-state index contributed by atoms with van der Waals surface area (Å²) in [7, 11) is -3.53. The Bertz CT molecular complexity index is 707. The summed E-state index contributed by atoms with van der Waals surface area (Å²) in [5.41, 5.74) is 7.46. The Labute approximate surface area is 124 Å². The Morgan fingerprint density at radius 2 is 2.10 bits per heavy atom. The highest BCUT2D eigenvalue weighted by molar-refractivity contribution is 7.89. The fourth-order valence-corrected chi connectivity index (χ4v) is 2.99. The summed E-state index contributed by atoms with van der Waals surface area (Å²) in [5, 5.41) is 4.33. The van der Waals surface area contributed by atoms with Crippen molar-refractivity contribution in [1.29, 1.82) is 0 Å². The van der Waals surface area contributed by atoms with Gasteiger partial charge in [0.2, 0.25) is 10.0 Å². The topological polar surface area (TPSA) is 103 Å². The van der Waals surface area contributed by atoms with Crippen LogP contribution in [0.5, 0.6) is 0 Å². The third-order valence-corrected chi connectivity index (χ3v) is 4.46. The molecule has 2 aromatic rings. The Kier molecular flexibility index (Phi) is 4.59. The molecule has 114 valence electrons. The summed E-state index contributed by atoms with van der Waals surface area (Å²) < 4.78 is 28.4. The number of pyridine rings is 1. The van der Waals surface area contributed by atoms with Crippen LogP contribution in [-0.2, 0) is 16.6 Å². The molecule has 0 bridgehead atoms. The van der Waals surface area contributed by atoms with Gasteiger partial charge in [-0.15, -0.1) is 0 Å². The number of hydrogen-bond acceptors (Lipinski definition) is 5. The number of nitrogens with two attached hydrogens (primary N) is 1. The van der Waals surface area contributed by atoms with E-state index in [1.807, 2.05) is 24.6 Å². The summed E-state index contributed by atoms with van der Waals surface area (Å²) in [6.45, 7) is 4.91. The second-order valence-electron chi connectivity index (χ2n) is 4.82. The fraction of sp³-hybridized carbons (Fsp3) is 0.385. The number of nitrogens with one attached hydrogen (secondary N) is 1. The smallest absolute Gasteiger partial charge is 0.242 e. The molecule has 0 atom stereocenters. The molecule has 0 spiro atoms. The molecule has 3 N–H and O–H groups in total. The summed E-state index contributed by atoms with van der Waals surface area (Å²) in [5.74, 6) is 0.290. The first-order chi connectivity index (χ1) is 9.88. The van der Waals surface area contributed by atoms with Crippen molar-refractivity contribution >= 4 is 15.8 Å². The van der Waals surface area contributed by atoms with Crippen LogP contribution >= 0.6 is 0 Å². The molecule has 0 amide bonds. The summed E-state index contributed by atoms with van der Waals surface area (Å²) in [6, 6.07) is 4.89. The fourth-order valence-electron chi connectivity index (χ4n) is 1.97. The van der Waals surface area contributed by atoms with Gasteiger partial charge in [-0.2, -0.15) is 5.10 Å². The van der Waals surface area contributed by atoms with E-state index >= 15 is 0 Å². The lowest BCUT2D eigenvalue weighted by molar-refractivity contribution is 0.544. The molecule has 0 aliphatic carbocycles. The number of nitrogens with zero attached hydrogens (tertiary/aromatic N) is 3. The number of anilines is 1. The maximum Gasteiger partial charge on any atom is 0.242 e. The first-order valence-electron chi connectivity index (χ1n) is 6.61. The Balaban J connectivity index is 1.88. The predicted octanol–water partition coefficient (Wildman–Crippen LogP) is 0.846. The zero-order valence-corrected chi connectivity index (χ0v) is 12.9. The lowest BCUT2D eigenvalue weighted by atomic mass is 10.4. The van der Waals surface area contributed by atoms with Crippen molar-refractivity contribution in [2.45, 2.75) is 31.7 Å². The maximum atomic E-state index is 12.0. The third kappa shape index (κ3) is 4.02. The van der Waals surface area contributed by atoms with Crippen molar-refractivity contribution in [2.75, 3.05) is 12.3 Å². The molecule has 2 heterocycles. The van der Waals surface area contributed by atoms with Gasteiger partial charge in [0.25, 0.3) is 0 Å². The van der Waals surface area contributed by atoms with Crippen LogP contribution in [0.4, 0.5) is 5.82 Å². The van der Waals surface area contributed by atoms with E-state index < -0.39 is 10.0 Å². The Hall–Kier alpha value is -1.93. The lowest BCUT2D eigenvalue weighted by Crippen LogP contribution is -2.26. The molecule has 0 radical (unpaired) electrons. The minimum Gasteiger partial charge on any atom is -0.384 e. The van der Waals surface area contributed by atoms with E-state index in [1.165, 1.54) is 18.3 Å². The number of rotatable bonds is 6. The summed E-state index contributed by atoms with van der Waals surface area (Å²) in [6.07, 6.45) is 1.91. The minimum atomic E-state index is -3.53. The van der Waals surface area contributed by atoms with Crippen LogP contribution in [0.2, 0.25) is 0 Å². The van der Waals surface area contributed by atoms with Crippen LogP contribution in [0.1, 0.15) is 17.8 Å². The molecule has 7 nitrogen and oxygen atoms in total. The quantitative estimate of drug-likeness (QED) is 0.770. The van der Waals surface area contributed by atoms with Gasteiger partial charge in [-0.3, -0.25) is 4.68 Å². The van der Waals surface area contributed by atoms with Crippen molar-refractivity contribution < 1.29 is 8.42 Å². The second-order valence-corrected chi connectivity index (χ2v) is 6.59. The van der Waals surface area contributed by atoms with Crippen molar-refractivity contribution in [3.63, 3.8) is 0 Å². The molecule has 0 unspecified atom stereocenters. The molecule has 2 aromatic heterocycles. The number of nitrogen functional groups attached to an aromatic ring is 1. The highest BCUT2D eigenvalue weighted by Crippen LogP contribution is 2.08. The molecular weight excluding hydrogens is 290 g/mol. The molecule has 2 rings (SSSR count). The molecular formula is C13H19N5O2S. The van der Waals surface area contributed by atoms with Gasteiger partial charge in [-0.25, -0.2) is 18.1 Å². The van der Waals surface area contributed by atoms with E-state index in [2.05, 4.69) is 14.8 Å². The maximum absolute atomic E-state index is 12.0. The van der Waals surface area contributed by atoms with E-state index in [1.54, 1.807) is 0 Å². The zero-order chi connectivity index (χ0) is 15.5. The second kappa shape index (κ2) is 6.23. The third-order valence-electron chi connectivity index (χ3n) is 3.01. The number of aromatic nitrogens is 3. The van der Waals surface area contributed by atoms with E-state index in [4.69, 9.17) is 5.73 Å². The van der Waals surface area contributed by atoms with Crippen LogP contribution in [0, 0.1) is 13.8 Å². The SMILES string of the molecule is Cc1cc(C)n(CCCNS(=O)(=O)c2ccc(N)nc2)n1. The number of aryl methyl sites for hydroxylation is 3. The lowest BCUT2D eigenvalue weighted by Gasteiger charge is -2.07. The number of sulfonamides is 1.